The summed E-state index contributed by atoms with van der Waals surface area (Å²) in [4.78, 5) is 20.8. The number of carbonyl (C=O) groups is 1. The van der Waals surface area contributed by atoms with Gasteiger partial charge in [0.1, 0.15) is 5.75 Å². The highest BCUT2D eigenvalue weighted by Crippen LogP contribution is 2.50. The number of nitro benzene ring substituents is 1. The third-order valence-corrected chi connectivity index (χ3v) is 2.71. The van der Waals surface area contributed by atoms with Gasteiger partial charge in [0.05, 0.1) is 10.8 Å². The second-order valence-corrected chi connectivity index (χ2v) is 3.79. The van der Waals surface area contributed by atoms with E-state index in [2.05, 4.69) is 0 Å². The predicted octanol–water partition coefficient (Wildman–Crippen LogP) is 1.49. The molecule has 1 aromatic rings. The van der Waals surface area contributed by atoms with Gasteiger partial charge >= 0.3 is 5.97 Å². The number of aliphatic carboxylic acids is 1. The lowest BCUT2D eigenvalue weighted by atomic mass is 10.1. The van der Waals surface area contributed by atoms with Crippen LogP contribution in [-0.4, -0.2) is 21.1 Å². The second kappa shape index (κ2) is 3.48. The summed E-state index contributed by atoms with van der Waals surface area (Å²) < 4.78 is 0. The Morgan fingerprint density at radius 3 is 2.69 bits per heavy atom. The fourth-order valence-electron chi connectivity index (χ4n) is 1.82. The Balaban J connectivity index is 2.37. The number of carboxylic acid groups (broad SMARTS) is 1. The molecule has 1 fully saturated rings. The average Bonchev–Trinajstić information content (AvgIpc) is 2.96. The van der Waals surface area contributed by atoms with Crippen LogP contribution >= 0.6 is 0 Å². The van der Waals surface area contributed by atoms with E-state index in [4.69, 9.17) is 5.11 Å². The average molecular weight is 223 g/mol. The lowest BCUT2D eigenvalue weighted by Gasteiger charge is -2.01. The van der Waals surface area contributed by atoms with Gasteiger partial charge < -0.3 is 10.2 Å². The van der Waals surface area contributed by atoms with Crippen molar-refractivity contribution in [2.45, 2.75) is 12.3 Å². The fourth-order valence-corrected chi connectivity index (χ4v) is 1.82. The van der Waals surface area contributed by atoms with E-state index in [1.165, 1.54) is 18.2 Å². The number of carboxylic acids is 1. The highest BCUT2D eigenvalue weighted by molar-refractivity contribution is 5.76. The third kappa shape index (κ3) is 1.69. The number of nitro groups is 1. The Kier molecular flexibility index (Phi) is 2.26. The van der Waals surface area contributed by atoms with E-state index < -0.39 is 16.8 Å². The first kappa shape index (κ1) is 10.4. The molecule has 6 heteroatoms. The van der Waals surface area contributed by atoms with E-state index >= 15 is 0 Å². The van der Waals surface area contributed by atoms with Crippen LogP contribution in [-0.2, 0) is 4.79 Å². The van der Waals surface area contributed by atoms with Gasteiger partial charge in [0.25, 0.3) is 5.69 Å². The summed E-state index contributed by atoms with van der Waals surface area (Å²) >= 11 is 0. The molecule has 0 heterocycles. The molecule has 2 N–H and O–H groups in total. The highest BCUT2D eigenvalue weighted by Gasteiger charge is 2.47. The van der Waals surface area contributed by atoms with Crippen molar-refractivity contribution in [3.63, 3.8) is 0 Å². The number of phenolic OH excluding ortho intramolecular Hbond substituents is 1. The Bertz CT molecular complexity index is 470. The zero-order chi connectivity index (χ0) is 11.9. The zero-order valence-electron chi connectivity index (χ0n) is 8.16. The van der Waals surface area contributed by atoms with E-state index in [1.54, 1.807) is 0 Å². The molecule has 0 saturated heterocycles. The maximum absolute atomic E-state index is 10.7. The van der Waals surface area contributed by atoms with Gasteiger partial charge in [-0.1, -0.05) is 0 Å². The normalized spacial score (nSPS) is 22.8. The van der Waals surface area contributed by atoms with Gasteiger partial charge in [-0.2, -0.15) is 0 Å². The molecule has 84 valence electrons. The van der Waals surface area contributed by atoms with Crippen LogP contribution in [0.2, 0.25) is 0 Å². The van der Waals surface area contributed by atoms with Crippen LogP contribution in [0.3, 0.4) is 0 Å². The SMILES string of the molecule is O=C(O)C1CC1c1cc(O)ccc1[N+](=O)[O-]. The first-order valence-corrected chi connectivity index (χ1v) is 4.71. The van der Waals surface area contributed by atoms with Crippen molar-refractivity contribution in [1.29, 1.82) is 0 Å². The van der Waals surface area contributed by atoms with Crippen molar-refractivity contribution in [2.75, 3.05) is 0 Å². The minimum atomic E-state index is -0.956. The summed E-state index contributed by atoms with van der Waals surface area (Å²) in [7, 11) is 0. The molecular formula is C10H9NO5. The van der Waals surface area contributed by atoms with Gasteiger partial charge in [0.2, 0.25) is 0 Å². The molecule has 2 unspecified atom stereocenters. The summed E-state index contributed by atoms with van der Waals surface area (Å²) in [5.74, 6) is -1.97. The van der Waals surface area contributed by atoms with Gasteiger partial charge in [-0.25, -0.2) is 0 Å². The van der Waals surface area contributed by atoms with Crippen LogP contribution < -0.4 is 0 Å². The highest BCUT2D eigenvalue weighted by atomic mass is 16.6. The van der Waals surface area contributed by atoms with Crippen LogP contribution in [0.1, 0.15) is 17.9 Å². The van der Waals surface area contributed by atoms with E-state index in [-0.39, 0.29) is 17.4 Å². The first-order valence-electron chi connectivity index (χ1n) is 4.71. The second-order valence-electron chi connectivity index (χ2n) is 3.79. The van der Waals surface area contributed by atoms with Gasteiger partial charge in [-0.3, -0.25) is 14.9 Å². The summed E-state index contributed by atoms with van der Waals surface area (Å²) in [6, 6.07) is 3.69. The van der Waals surface area contributed by atoms with Crippen molar-refractivity contribution >= 4 is 11.7 Å². The van der Waals surface area contributed by atoms with Gasteiger partial charge in [-0.05, 0) is 18.6 Å². The maximum atomic E-state index is 10.7. The molecule has 1 aliphatic carbocycles. The third-order valence-electron chi connectivity index (χ3n) is 2.71. The van der Waals surface area contributed by atoms with E-state index in [0.717, 1.165) is 0 Å². The van der Waals surface area contributed by atoms with Crippen LogP contribution in [0.5, 0.6) is 5.75 Å². The monoisotopic (exact) mass is 223 g/mol. The standard InChI is InChI=1S/C10H9NO5/c12-5-1-2-9(11(15)16)7(3-5)6-4-8(6)10(13)14/h1-3,6,8,12H,4H2,(H,13,14). The van der Waals surface area contributed by atoms with Crippen molar-refractivity contribution in [3.05, 3.63) is 33.9 Å². The quantitative estimate of drug-likeness (QED) is 0.597. The van der Waals surface area contributed by atoms with E-state index in [1.807, 2.05) is 0 Å². The predicted molar refractivity (Wildman–Crippen MR) is 53.2 cm³/mol. The Hall–Kier alpha value is -2.11. The molecule has 0 bridgehead atoms. The molecular weight excluding hydrogens is 214 g/mol. The molecule has 1 aliphatic rings. The van der Waals surface area contributed by atoms with Gasteiger partial charge in [-0.15, -0.1) is 0 Å². The largest absolute Gasteiger partial charge is 0.508 e. The number of phenols is 1. The summed E-state index contributed by atoms with van der Waals surface area (Å²) in [5.41, 5.74) is 0.170. The van der Waals surface area contributed by atoms with Gasteiger partial charge in [0, 0.05) is 17.5 Å². The van der Waals surface area contributed by atoms with Crippen molar-refractivity contribution in [3.8, 4) is 5.75 Å². The van der Waals surface area contributed by atoms with E-state index in [9.17, 15) is 20.0 Å². The first-order chi connectivity index (χ1) is 7.50. The van der Waals surface area contributed by atoms with Crippen LogP contribution in [0.15, 0.2) is 18.2 Å². The van der Waals surface area contributed by atoms with Crippen LogP contribution in [0, 0.1) is 16.0 Å². The van der Waals surface area contributed by atoms with Crippen molar-refractivity contribution in [1.82, 2.24) is 0 Å². The Morgan fingerprint density at radius 2 is 2.19 bits per heavy atom. The number of aromatic hydroxyl groups is 1. The smallest absolute Gasteiger partial charge is 0.307 e. The van der Waals surface area contributed by atoms with Crippen LogP contribution in [0.25, 0.3) is 0 Å². The molecule has 0 aromatic heterocycles. The lowest BCUT2D eigenvalue weighted by Crippen LogP contribution is -2.01. The van der Waals surface area contributed by atoms with Crippen molar-refractivity contribution < 1.29 is 19.9 Å². The molecule has 1 aromatic carbocycles. The number of nitrogens with zero attached hydrogens (tertiary/aromatic N) is 1. The minimum absolute atomic E-state index is 0.0864. The number of hydrogen-bond acceptors (Lipinski definition) is 4. The molecule has 0 radical (unpaired) electrons. The molecule has 0 spiro atoms. The molecule has 16 heavy (non-hydrogen) atoms. The molecule has 2 rings (SSSR count). The zero-order valence-corrected chi connectivity index (χ0v) is 8.16. The maximum Gasteiger partial charge on any atom is 0.307 e. The molecule has 0 amide bonds. The Morgan fingerprint density at radius 1 is 1.50 bits per heavy atom. The number of hydrogen-bond donors (Lipinski definition) is 2. The fraction of sp³-hybridized carbons (Fsp3) is 0.300. The topological polar surface area (TPSA) is 101 Å². The molecule has 0 aliphatic heterocycles. The molecule has 1 saturated carbocycles. The lowest BCUT2D eigenvalue weighted by molar-refractivity contribution is -0.385. The van der Waals surface area contributed by atoms with E-state index in [0.29, 0.717) is 12.0 Å². The minimum Gasteiger partial charge on any atom is -0.508 e. The van der Waals surface area contributed by atoms with Gasteiger partial charge in [0.15, 0.2) is 0 Å². The summed E-state index contributed by atoms with van der Waals surface area (Å²) in [6.45, 7) is 0. The number of rotatable bonds is 3. The molecule has 6 nitrogen and oxygen atoms in total. The summed E-state index contributed by atoms with van der Waals surface area (Å²) in [6.07, 6.45) is 0.389. The van der Waals surface area contributed by atoms with Crippen molar-refractivity contribution in [2.24, 2.45) is 5.92 Å². The number of benzene rings is 1. The summed E-state index contributed by atoms with van der Waals surface area (Å²) in [5, 5.41) is 28.7. The molecule has 2 atom stereocenters. The van der Waals surface area contributed by atoms with Crippen LogP contribution in [0.4, 0.5) is 5.69 Å². The Labute approximate surface area is 90.3 Å².